The maximum absolute atomic E-state index is 13.2. The molecule has 0 atom stereocenters. The van der Waals surface area contributed by atoms with Gasteiger partial charge in [-0.15, -0.1) is 0 Å². The Labute approximate surface area is 197 Å². The second-order valence-corrected chi connectivity index (χ2v) is 10.8. The third-order valence-corrected chi connectivity index (χ3v) is 7.44. The number of carbonyl (C=O) groups excluding carboxylic acids is 1. The molecule has 0 N–H and O–H groups in total. The first-order chi connectivity index (χ1) is 15.8. The Morgan fingerprint density at radius 3 is 2.21 bits per heavy atom. The predicted molar refractivity (Wildman–Crippen MR) is 130 cm³/mol. The van der Waals surface area contributed by atoms with Crippen molar-refractivity contribution < 1.29 is 13.2 Å². The van der Waals surface area contributed by atoms with Gasteiger partial charge in [-0.05, 0) is 29.2 Å². The zero-order valence-corrected chi connectivity index (χ0v) is 20.2. The average Bonchev–Trinajstić information content (AvgIpc) is 2.79. The number of carbonyl (C=O) groups is 1. The highest BCUT2D eigenvalue weighted by Crippen LogP contribution is 2.21. The molecule has 1 amide bonds. The van der Waals surface area contributed by atoms with Gasteiger partial charge in [0.2, 0.25) is 15.9 Å². The fourth-order valence-electron chi connectivity index (χ4n) is 3.97. The SMILES string of the molecule is CC(C)CN(Cc1ccc(N2CCN(C(=O)CC#N)CC2)cc1)S(=O)(=O)Cc1ccccc1. The fraction of sp³-hybridized carbons (Fsp3) is 0.440. The molecule has 1 saturated heterocycles. The van der Waals surface area contributed by atoms with Crippen LogP contribution in [0.15, 0.2) is 54.6 Å². The van der Waals surface area contributed by atoms with Gasteiger partial charge in [-0.2, -0.15) is 9.57 Å². The number of nitriles is 1. The van der Waals surface area contributed by atoms with Crippen molar-refractivity contribution >= 4 is 21.6 Å². The second-order valence-electron chi connectivity index (χ2n) is 8.80. The Morgan fingerprint density at radius 1 is 1.00 bits per heavy atom. The summed E-state index contributed by atoms with van der Waals surface area (Å²) < 4.78 is 27.9. The van der Waals surface area contributed by atoms with Crippen LogP contribution in [-0.2, 0) is 27.1 Å². The van der Waals surface area contributed by atoms with Gasteiger partial charge in [0, 0.05) is 45.0 Å². The molecule has 7 nitrogen and oxygen atoms in total. The molecule has 0 saturated carbocycles. The van der Waals surface area contributed by atoms with Gasteiger partial charge in [0.25, 0.3) is 0 Å². The number of rotatable bonds is 9. The lowest BCUT2D eigenvalue weighted by molar-refractivity contribution is -0.130. The molecule has 0 bridgehead atoms. The van der Waals surface area contributed by atoms with E-state index in [1.54, 1.807) is 9.21 Å². The Hall–Kier alpha value is -2.89. The number of nitrogens with zero attached hydrogens (tertiary/aromatic N) is 4. The fourth-order valence-corrected chi connectivity index (χ4v) is 5.64. The van der Waals surface area contributed by atoms with Crippen molar-refractivity contribution in [1.82, 2.24) is 9.21 Å². The van der Waals surface area contributed by atoms with E-state index in [1.807, 2.05) is 74.5 Å². The molecule has 2 aromatic rings. The van der Waals surface area contributed by atoms with E-state index in [0.29, 0.717) is 39.3 Å². The summed E-state index contributed by atoms with van der Waals surface area (Å²) in [6, 6.07) is 19.2. The standard InChI is InChI=1S/C25H32N4O3S/c1-21(2)18-29(33(31,32)20-23-6-4-3-5-7-23)19-22-8-10-24(11-9-22)27-14-16-28(17-15-27)25(30)12-13-26/h3-11,21H,12,14-20H2,1-2H3. The van der Waals surface area contributed by atoms with Crippen LogP contribution in [0.2, 0.25) is 0 Å². The summed E-state index contributed by atoms with van der Waals surface area (Å²) >= 11 is 0. The monoisotopic (exact) mass is 468 g/mol. The van der Waals surface area contributed by atoms with Crippen LogP contribution in [0.3, 0.4) is 0 Å². The maximum Gasteiger partial charge on any atom is 0.236 e. The van der Waals surface area contributed by atoms with Gasteiger partial charge in [0.15, 0.2) is 0 Å². The molecule has 33 heavy (non-hydrogen) atoms. The number of benzene rings is 2. The van der Waals surface area contributed by atoms with Crippen LogP contribution in [0.5, 0.6) is 0 Å². The smallest absolute Gasteiger partial charge is 0.236 e. The van der Waals surface area contributed by atoms with Crippen LogP contribution in [0, 0.1) is 17.2 Å². The van der Waals surface area contributed by atoms with E-state index in [4.69, 9.17) is 5.26 Å². The van der Waals surface area contributed by atoms with Crippen molar-refractivity contribution in [2.75, 3.05) is 37.6 Å². The second kappa shape index (κ2) is 11.3. The largest absolute Gasteiger partial charge is 0.368 e. The summed E-state index contributed by atoms with van der Waals surface area (Å²) in [5, 5.41) is 8.71. The summed E-state index contributed by atoms with van der Waals surface area (Å²) in [7, 11) is -3.46. The number of amides is 1. The summed E-state index contributed by atoms with van der Waals surface area (Å²) in [6.07, 6.45) is -0.0746. The van der Waals surface area contributed by atoms with Crippen molar-refractivity contribution in [2.24, 2.45) is 5.92 Å². The lowest BCUT2D eigenvalue weighted by atomic mass is 10.1. The third kappa shape index (κ3) is 7.04. The van der Waals surface area contributed by atoms with Gasteiger partial charge in [-0.1, -0.05) is 56.3 Å². The zero-order chi connectivity index (χ0) is 23.8. The van der Waals surface area contributed by atoms with E-state index in [9.17, 15) is 13.2 Å². The van der Waals surface area contributed by atoms with Crippen molar-refractivity contribution in [1.29, 1.82) is 5.26 Å². The van der Waals surface area contributed by atoms with Crippen LogP contribution in [0.1, 0.15) is 31.4 Å². The molecule has 2 aromatic carbocycles. The lowest BCUT2D eigenvalue weighted by Gasteiger charge is -2.36. The van der Waals surface area contributed by atoms with Crippen molar-refractivity contribution in [2.45, 2.75) is 32.6 Å². The van der Waals surface area contributed by atoms with Crippen LogP contribution >= 0.6 is 0 Å². The summed E-state index contributed by atoms with van der Waals surface area (Å²) in [5.74, 6) is 0.0947. The highest BCUT2D eigenvalue weighted by atomic mass is 32.2. The molecule has 8 heteroatoms. The average molecular weight is 469 g/mol. The van der Waals surface area contributed by atoms with Gasteiger partial charge in [-0.25, -0.2) is 8.42 Å². The highest BCUT2D eigenvalue weighted by molar-refractivity contribution is 7.88. The molecule has 1 aliphatic heterocycles. The van der Waals surface area contributed by atoms with Crippen LogP contribution in [0.4, 0.5) is 5.69 Å². The predicted octanol–water partition coefficient (Wildman–Crippen LogP) is 3.24. The quantitative estimate of drug-likeness (QED) is 0.564. The number of hydrogen-bond donors (Lipinski definition) is 0. The highest BCUT2D eigenvalue weighted by Gasteiger charge is 2.24. The molecule has 1 aliphatic rings. The first-order valence-corrected chi connectivity index (χ1v) is 12.9. The van der Waals surface area contributed by atoms with Gasteiger partial charge < -0.3 is 9.80 Å². The molecule has 0 radical (unpaired) electrons. The number of sulfonamides is 1. The molecule has 0 unspecified atom stereocenters. The third-order valence-electron chi connectivity index (χ3n) is 5.68. The summed E-state index contributed by atoms with van der Waals surface area (Å²) in [6.45, 7) is 7.47. The number of hydrogen-bond acceptors (Lipinski definition) is 5. The first-order valence-electron chi connectivity index (χ1n) is 11.3. The summed E-state index contributed by atoms with van der Waals surface area (Å²) in [5.41, 5.74) is 2.78. The first kappa shape index (κ1) is 24.7. The molecular formula is C25H32N4O3S. The molecule has 1 fully saturated rings. The minimum absolute atomic E-state index is 0.00651. The lowest BCUT2D eigenvalue weighted by Crippen LogP contribution is -2.48. The van der Waals surface area contributed by atoms with E-state index in [2.05, 4.69) is 4.90 Å². The van der Waals surface area contributed by atoms with Crippen LogP contribution in [0.25, 0.3) is 0 Å². The van der Waals surface area contributed by atoms with E-state index in [-0.39, 0.29) is 24.0 Å². The minimum atomic E-state index is -3.46. The van der Waals surface area contributed by atoms with E-state index in [0.717, 1.165) is 16.8 Å². The topological polar surface area (TPSA) is 84.7 Å². The molecular weight excluding hydrogens is 436 g/mol. The van der Waals surface area contributed by atoms with Gasteiger partial charge >= 0.3 is 0 Å². The van der Waals surface area contributed by atoms with Crippen molar-refractivity contribution in [3.05, 3.63) is 65.7 Å². The Balaban J connectivity index is 1.65. The summed E-state index contributed by atoms with van der Waals surface area (Å²) in [4.78, 5) is 15.8. The van der Waals surface area contributed by atoms with Gasteiger partial charge in [0.1, 0.15) is 6.42 Å². The van der Waals surface area contributed by atoms with Crippen LogP contribution in [-0.4, -0.2) is 56.3 Å². The Morgan fingerprint density at radius 2 is 1.64 bits per heavy atom. The number of piperazine rings is 1. The van der Waals surface area contributed by atoms with Crippen LogP contribution < -0.4 is 4.90 Å². The molecule has 0 aromatic heterocycles. The van der Waals surface area contributed by atoms with E-state index < -0.39 is 10.0 Å². The Kier molecular flexibility index (Phi) is 8.48. The molecule has 3 rings (SSSR count). The van der Waals surface area contributed by atoms with E-state index >= 15 is 0 Å². The maximum atomic E-state index is 13.2. The van der Waals surface area contributed by atoms with Crippen molar-refractivity contribution in [3.63, 3.8) is 0 Å². The molecule has 0 spiro atoms. The van der Waals surface area contributed by atoms with E-state index in [1.165, 1.54) is 0 Å². The molecule has 1 heterocycles. The Bertz CT molecular complexity index is 1060. The number of anilines is 1. The van der Waals surface area contributed by atoms with Gasteiger partial charge in [-0.3, -0.25) is 4.79 Å². The minimum Gasteiger partial charge on any atom is -0.368 e. The molecule has 176 valence electrons. The molecule has 0 aliphatic carbocycles. The zero-order valence-electron chi connectivity index (χ0n) is 19.4. The normalized spacial score (nSPS) is 14.5. The van der Waals surface area contributed by atoms with Crippen molar-refractivity contribution in [3.8, 4) is 6.07 Å². The van der Waals surface area contributed by atoms with Gasteiger partial charge in [0.05, 0.1) is 11.8 Å².